The number of benzene rings is 2. The minimum absolute atomic E-state index is 0.0175. The quantitative estimate of drug-likeness (QED) is 0.497. The summed E-state index contributed by atoms with van der Waals surface area (Å²) >= 11 is 3.42. The fourth-order valence-corrected chi connectivity index (χ4v) is 2.97. The number of methoxy groups -OCH3 is 1. The highest BCUT2D eigenvalue weighted by molar-refractivity contribution is 9.10. The van der Waals surface area contributed by atoms with Crippen LogP contribution in [-0.2, 0) is 11.4 Å². The van der Waals surface area contributed by atoms with Crippen molar-refractivity contribution in [2.45, 2.75) is 26.5 Å². The predicted octanol–water partition coefficient (Wildman–Crippen LogP) is 4.61. The lowest BCUT2D eigenvalue weighted by Crippen LogP contribution is -2.30. The molecule has 2 aromatic carbocycles. The summed E-state index contributed by atoms with van der Waals surface area (Å²) in [6, 6.07) is 11.3. The van der Waals surface area contributed by atoms with E-state index in [9.17, 15) is 14.4 Å². The van der Waals surface area contributed by atoms with Gasteiger partial charge in [0.15, 0.2) is 11.5 Å². The van der Waals surface area contributed by atoms with E-state index in [1.54, 1.807) is 24.3 Å². The van der Waals surface area contributed by atoms with E-state index in [0.29, 0.717) is 27.1 Å². The van der Waals surface area contributed by atoms with Crippen molar-refractivity contribution in [3.8, 4) is 17.6 Å². The second kappa shape index (κ2) is 9.90. The summed E-state index contributed by atoms with van der Waals surface area (Å²) < 4.78 is 25.1. The van der Waals surface area contributed by atoms with Gasteiger partial charge in [-0.05, 0) is 71.2 Å². The number of ether oxygens (including phenoxy) is 2. The van der Waals surface area contributed by atoms with Crippen molar-refractivity contribution in [1.29, 1.82) is 5.26 Å². The lowest BCUT2D eigenvalue weighted by atomic mass is 10.1. The molecule has 0 aliphatic rings. The van der Waals surface area contributed by atoms with Crippen LogP contribution in [0, 0.1) is 17.1 Å². The molecule has 146 valence electrons. The van der Waals surface area contributed by atoms with E-state index in [-0.39, 0.29) is 24.0 Å². The third-order valence-corrected chi connectivity index (χ3v) is 4.21. The van der Waals surface area contributed by atoms with Crippen LogP contribution in [-0.4, -0.2) is 19.1 Å². The van der Waals surface area contributed by atoms with Gasteiger partial charge in [0.2, 0.25) is 0 Å². The zero-order valence-electron chi connectivity index (χ0n) is 15.8. The zero-order valence-corrected chi connectivity index (χ0v) is 17.3. The van der Waals surface area contributed by atoms with Crippen LogP contribution in [0.4, 0.5) is 4.39 Å². The Labute approximate surface area is 171 Å². The number of amides is 1. The monoisotopic (exact) mass is 446 g/mol. The molecule has 0 heterocycles. The Morgan fingerprint density at radius 1 is 1.36 bits per heavy atom. The van der Waals surface area contributed by atoms with Crippen LogP contribution in [0.3, 0.4) is 0 Å². The molecule has 5 nitrogen and oxygen atoms in total. The third kappa shape index (κ3) is 5.83. The first-order valence-electron chi connectivity index (χ1n) is 8.51. The summed E-state index contributed by atoms with van der Waals surface area (Å²) in [4.78, 5) is 12.1. The number of nitriles is 1. The van der Waals surface area contributed by atoms with Crippen LogP contribution in [0.5, 0.6) is 11.5 Å². The number of carbonyl (C=O) groups is 1. The maximum Gasteiger partial charge on any atom is 0.262 e. The number of carbonyl (C=O) groups excluding carboxylic acids is 1. The van der Waals surface area contributed by atoms with Gasteiger partial charge >= 0.3 is 0 Å². The summed E-state index contributed by atoms with van der Waals surface area (Å²) in [5, 5.41) is 12.0. The summed E-state index contributed by atoms with van der Waals surface area (Å²) in [6.45, 7) is 3.79. The fourth-order valence-electron chi connectivity index (χ4n) is 2.40. The van der Waals surface area contributed by atoms with Gasteiger partial charge in [0.25, 0.3) is 5.91 Å². The van der Waals surface area contributed by atoms with Gasteiger partial charge in [0.05, 0.1) is 11.6 Å². The number of hydrogen-bond donors (Lipinski definition) is 1. The van der Waals surface area contributed by atoms with E-state index in [2.05, 4.69) is 21.2 Å². The molecule has 28 heavy (non-hydrogen) atoms. The number of halogens is 2. The molecule has 0 aromatic heterocycles. The molecule has 0 bridgehead atoms. The van der Waals surface area contributed by atoms with Crippen LogP contribution in [0.2, 0.25) is 0 Å². The van der Waals surface area contributed by atoms with Gasteiger partial charge in [0, 0.05) is 6.04 Å². The smallest absolute Gasteiger partial charge is 0.262 e. The molecule has 0 aliphatic carbocycles. The molecular formula is C21H20BrFN2O3. The highest BCUT2D eigenvalue weighted by Crippen LogP contribution is 2.37. The topological polar surface area (TPSA) is 71.3 Å². The van der Waals surface area contributed by atoms with Gasteiger partial charge in [-0.2, -0.15) is 5.26 Å². The SMILES string of the molecule is COc1cc(/C=C(/C#N)C(=O)NC(C)C)cc(Br)c1OCc1cccc(F)c1. The average Bonchev–Trinajstić information content (AvgIpc) is 2.64. The molecule has 0 fully saturated rings. The maximum atomic E-state index is 13.3. The standard InChI is InChI=1S/C21H20BrFN2O3/c1-13(2)25-21(26)16(11-24)7-15-9-18(22)20(19(10-15)27-3)28-12-14-5-4-6-17(23)8-14/h4-10,13H,12H2,1-3H3,(H,25,26)/b16-7-. The molecule has 0 unspecified atom stereocenters. The Morgan fingerprint density at radius 3 is 2.71 bits per heavy atom. The highest BCUT2D eigenvalue weighted by Gasteiger charge is 2.14. The number of rotatable bonds is 7. The fraction of sp³-hybridized carbons (Fsp3) is 0.238. The van der Waals surface area contributed by atoms with E-state index in [1.807, 2.05) is 19.9 Å². The molecule has 2 rings (SSSR count). The molecule has 0 saturated heterocycles. The van der Waals surface area contributed by atoms with Crippen molar-refractivity contribution in [2.24, 2.45) is 0 Å². The van der Waals surface area contributed by atoms with Gasteiger partial charge in [-0.1, -0.05) is 12.1 Å². The van der Waals surface area contributed by atoms with Crippen molar-refractivity contribution in [1.82, 2.24) is 5.32 Å². The molecule has 7 heteroatoms. The summed E-state index contributed by atoms with van der Waals surface area (Å²) in [6.07, 6.45) is 1.47. The van der Waals surface area contributed by atoms with Crippen LogP contribution >= 0.6 is 15.9 Å². The second-order valence-corrected chi connectivity index (χ2v) is 7.11. The summed E-state index contributed by atoms with van der Waals surface area (Å²) in [5.41, 5.74) is 1.25. The lowest BCUT2D eigenvalue weighted by molar-refractivity contribution is -0.117. The second-order valence-electron chi connectivity index (χ2n) is 6.25. The molecule has 2 aromatic rings. The van der Waals surface area contributed by atoms with E-state index < -0.39 is 5.91 Å². The van der Waals surface area contributed by atoms with Crippen molar-refractivity contribution in [2.75, 3.05) is 7.11 Å². The minimum Gasteiger partial charge on any atom is -0.493 e. The van der Waals surface area contributed by atoms with Gasteiger partial charge in [-0.25, -0.2) is 4.39 Å². The van der Waals surface area contributed by atoms with Gasteiger partial charge in [-0.3, -0.25) is 4.79 Å². The van der Waals surface area contributed by atoms with Gasteiger partial charge < -0.3 is 14.8 Å². The van der Waals surface area contributed by atoms with E-state index in [0.717, 1.165) is 0 Å². The highest BCUT2D eigenvalue weighted by atomic mass is 79.9. The number of nitrogens with zero attached hydrogens (tertiary/aromatic N) is 1. The Balaban J connectivity index is 2.28. The van der Waals surface area contributed by atoms with E-state index >= 15 is 0 Å². The first-order chi connectivity index (χ1) is 13.3. The molecule has 0 spiro atoms. The van der Waals surface area contributed by atoms with Crippen molar-refractivity contribution in [3.63, 3.8) is 0 Å². The van der Waals surface area contributed by atoms with Crippen molar-refractivity contribution in [3.05, 3.63) is 63.4 Å². The molecule has 1 N–H and O–H groups in total. The molecule has 0 radical (unpaired) electrons. The van der Waals surface area contributed by atoms with Crippen LogP contribution in [0.25, 0.3) is 6.08 Å². The minimum atomic E-state index is -0.445. The largest absolute Gasteiger partial charge is 0.493 e. The Bertz CT molecular complexity index is 936. The summed E-state index contributed by atoms with van der Waals surface area (Å²) in [5.74, 6) is 0.0722. The number of hydrogen-bond acceptors (Lipinski definition) is 4. The maximum absolute atomic E-state index is 13.3. The Morgan fingerprint density at radius 2 is 2.11 bits per heavy atom. The number of nitrogens with one attached hydrogen (secondary N) is 1. The molecular weight excluding hydrogens is 427 g/mol. The Kier molecular flexibility index (Phi) is 7.59. The molecule has 0 aliphatic heterocycles. The van der Waals surface area contributed by atoms with Crippen LogP contribution < -0.4 is 14.8 Å². The Hall–Kier alpha value is -2.85. The van der Waals surface area contributed by atoms with Crippen molar-refractivity contribution >= 4 is 27.9 Å². The van der Waals surface area contributed by atoms with Crippen LogP contribution in [0.15, 0.2) is 46.4 Å². The average molecular weight is 447 g/mol. The molecule has 1 amide bonds. The van der Waals surface area contributed by atoms with Crippen molar-refractivity contribution < 1.29 is 18.7 Å². The van der Waals surface area contributed by atoms with Gasteiger partial charge in [0.1, 0.15) is 24.1 Å². The van der Waals surface area contributed by atoms with Crippen LogP contribution in [0.1, 0.15) is 25.0 Å². The first-order valence-corrected chi connectivity index (χ1v) is 9.30. The molecule has 0 atom stereocenters. The normalized spacial score (nSPS) is 11.1. The zero-order chi connectivity index (χ0) is 20.7. The summed E-state index contributed by atoms with van der Waals surface area (Å²) in [7, 11) is 1.49. The predicted molar refractivity (Wildman–Crippen MR) is 108 cm³/mol. The lowest BCUT2D eigenvalue weighted by Gasteiger charge is -2.14. The van der Waals surface area contributed by atoms with E-state index in [1.165, 1.54) is 25.3 Å². The van der Waals surface area contributed by atoms with E-state index in [4.69, 9.17) is 9.47 Å². The first kappa shape index (κ1) is 21.5. The van der Waals surface area contributed by atoms with Gasteiger partial charge in [-0.15, -0.1) is 0 Å². The molecule has 0 saturated carbocycles. The third-order valence-electron chi connectivity index (χ3n) is 3.62.